The predicted octanol–water partition coefficient (Wildman–Crippen LogP) is 5.32. The lowest BCUT2D eigenvalue weighted by Gasteiger charge is -2.17. The number of hydrogen-bond donors (Lipinski definition) is 1. The maximum absolute atomic E-state index is 13.3. The molecule has 0 saturated carbocycles. The number of ether oxygens (including phenoxy) is 1. The molecule has 3 nitrogen and oxygen atoms in total. The van der Waals surface area contributed by atoms with Crippen molar-refractivity contribution in [3.8, 4) is 11.8 Å². The summed E-state index contributed by atoms with van der Waals surface area (Å²) in [4.78, 5) is 0. The molecule has 0 aliphatic carbocycles. The van der Waals surface area contributed by atoms with Gasteiger partial charge in [0.1, 0.15) is 17.6 Å². The first-order valence-corrected chi connectivity index (χ1v) is 7.68. The van der Waals surface area contributed by atoms with E-state index in [9.17, 15) is 9.65 Å². The SMILES string of the molecule is COc1cc2ccccc2cc1C(C#N)Nc1ccc(F)c(Cl)c1. The van der Waals surface area contributed by atoms with E-state index in [4.69, 9.17) is 16.3 Å². The number of nitrogens with zero attached hydrogens (tertiary/aromatic N) is 1. The van der Waals surface area contributed by atoms with Crippen molar-refractivity contribution < 1.29 is 9.13 Å². The molecule has 3 aromatic carbocycles. The average molecular weight is 341 g/mol. The second-order valence-electron chi connectivity index (χ2n) is 5.28. The first kappa shape index (κ1) is 16.1. The summed E-state index contributed by atoms with van der Waals surface area (Å²) in [6.07, 6.45) is 0. The molecule has 0 aliphatic heterocycles. The number of methoxy groups -OCH3 is 1. The van der Waals surface area contributed by atoms with Crippen LogP contribution in [0.25, 0.3) is 10.8 Å². The van der Waals surface area contributed by atoms with Crippen molar-refractivity contribution in [1.29, 1.82) is 5.26 Å². The Kier molecular flexibility index (Phi) is 4.54. The fraction of sp³-hybridized carbons (Fsp3) is 0.105. The summed E-state index contributed by atoms with van der Waals surface area (Å²) < 4.78 is 18.7. The summed E-state index contributed by atoms with van der Waals surface area (Å²) in [5.74, 6) is 0.111. The molecule has 0 bridgehead atoms. The second-order valence-corrected chi connectivity index (χ2v) is 5.68. The first-order valence-electron chi connectivity index (χ1n) is 7.30. The summed E-state index contributed by atoms with van der Waals surface area (Å²) >= 11 is 5.80. The van der Waals surface area contributed by atoms with Crippen LogP contribution < -0.4 is 10.1 Å². The molecule has 0 fully saturated rings. The van der Waals surface area contributed by atoms with Gasteiger partial charge in [-0.15, -0.1) is 0 Å². The Morgan fingerprint density at radius 2 is 1.83 bits per heavy atom. The number of rotatable bonds is 4. The van der Waals surface area contributed by atoms with Crippen LogP contribution in [0.5, 0.6) is 5.75 Å². The highest BCUT2D eigenvalue weighted by molar-refractivity contribution is 6.31. The Balaban J connectivity index is 2.02. The van der Waals surface area contributed by atoms with E-state index in [2.05, 4.69) is 11.4 Å². The van der Waals surface area contributed by atoms with Crippen molar-refractivity contribution >= 4 is 28.1 Å². The van der Waals surface area contributed by atoms with Gasteiger partial charge in [-0.1, -0.05) is 35.9 Å². The van der Waals surface area contributed by atoms with E-state index in [0.29, 0.717) is 17.0 Å². The summed E-state index contributed by atoms with van der Waals surface area (Å²) in [7, 11) is 1.57. The van der Waals surface area contributed by atoms with Gasteiger partial charge in [0.2, 0.25) is 0 Å². The maximum atomic E-state index is 13.3. The number of halogens is 2. The van der Waals surface area contributed by atoms with E-state index >= 15 is 0 Å². The van der Waals surface area contributed by atoms with Crippen LogP contribution in [0.2, 0.25) is 5.02 Å². The molecule has 5 heteroatoms. The molecule has 1 atom stereocenters. The molecule has 3 aromatic rings. The van der Waals surface area contributed by atoms with Gasteiger partial charge in [0.05, 0.1) is 18.2 Å². The zero-order valence-corrected chi connectivity index (χ0v) is 13.6. The van der Waals surface area contributed by atoms with Crippen LogP contribution in [0.15, 0.2) is 54.6 Å². The van der Waals surface area contributed by atoms with Crippen LogP contribution in [-0.4, -0.2) is 7.11 Å². The van der Waals surface area contributed by atoms with Gasteiger partial charge in [-0.25, -0.2) is 4.39 Å². The molecular formula is C19H14ClFN2O. The molecule has 0 amide bonds. The largest absolute Gasteiger partial charge is 0.496 e. The summed E-state index contributed by atoms with van der Waals surface area (Å²) in [6.45, 7) is 0. The van der Waals surface area contributed by atoms with Crippen molar-refractivity contribution in [2.75, 3.05) is 12.4 Å². The van der Waals surface area contributed by atoms with Gasteiger partial charge in [0, 0.05) is 11.3 Å². The Hall–Kier alpha value is -2.77. The molecular weight excluding hydrogens is 327 g/mol. The lowest BCUT2D eigenvalue weighted by molar-refractivity contribution is 0.410. The Bertz CT molecular complexity index is 936. The standard InChI is InChI=1S/C19H14ClFN2O/c1-24-19-9-13-5-3-2-4-12(13)8-15(19)18(11-22)23-14-6-7-17(21)16(20)10-14/h2-10,18,23H,1H3. The molecule has 0 radical (unpaired) electrons. The van der Waals surface area contributed by atoms with Crippen molar-refractivity contribution in [2.24, 2.45) is 0 Å². The second kappa shape index (κ2) is 6.77. The van der Waals surface area contributed by atoms with E-state index in [1.807, 2.05) is 36.4 Å². The minimum absolute atomic E-state index is 0.00201. The number of fused-ring (bicyclic) bond motifs is 1. The topological polar surface area (TPSA) is 45.0 Å². The minimum atomic E-state index is -0.661. The highest BCUT2D eigenvalue weighted by Crippen LogP contribution is 2.32. The van der Waals surface area contributed by atoms with Crippen LogP contribution in [-0.2, 0) is 0 Å². The van der Waals surface area contributed by atoms with Crippen LogP contribution in [0.3, 0.4) is 0 Å². The predicted molar refractivity (Wildman–Crippen MR) is 93.9 cm³/mol. The Morgan fingerprint density at radius 1 is 1.12 bits per heavy atom. The zero-order chi connectivity index (χ0) is 17.1. The highest BCUT2D eigenvalue weighted by Gasteiger charge is 2.17. The van der Waals surface area contributed by atoms with E-state index < -0.39 is 11.9 Å². The monoisotopic (exact) mass is 340 g/mol. The van der Waals surface area contributed by atoms with Crippen molar-refractivity contribution in [3.05, 3.63) is 71.0 Å². The van der Waals surface area contributed by atoms with Gasteiger partial charge in [-0.3, -0.25) is 0 Å². The normalized spacial score (nSPS) is 11.8. The van der Waals surface area contributed by atoms with E-state index in [1.165, 1.54) is 12.1 Å². The quantitative estimate of drug-likeness (QED) is 0.699. The lowest BCUT2D eigenvalue weighted by atomic mass is 10.0. The molecule has 0 aromatic heterocycles. The number of nitrogens with one attached hydrogen (secondary N) is 1. The molecule has 1 unspecified atom stereocenters. The van der Waals surface area contributed by atoms with E-state index in [1.54, 1.807) is 13.2 Å². The van der Waals surface area contributed by atoms with Gasteiger partial charge in [0.15, 0.2) is 0 Å². The fourth-order valence-electron chi connectivity index (χ4n) is 2.57. The molecule has 24 heavy (non-hydrogen) atoms. The number of anilines is 1. The van der Waals surface area contributed by atoms with Crippen LogP contribution in [0.4, 0.5) is 10.1 Å². The number of benzene rings is 3. The molecule has 0 heterocycles. The van der Waals surface area contributed by atoms with E-state index in [0.717, 1.165) is 10.8 Å². The van der Waals surface area contributed by atoms with Crippen LogP contribution in [0.1, 0.15) is 11.6 Å². The molecule has 120 valence electrons. The van der Waals surface area contributed by atoms with E-state index in [-0.39, 0.29) is 5.02 Å². The summed E-state index contributed by atoms with van der Waals surface area (Å²) in [5, 5.41) is 14.7. The average Bonchev–Trinajstić information content (AvgIpc) is 2.61. The van der Waals surface area contributed by atoms with Gasteiger partial charge in [-0.05, 0) is 41.1 Å². The smallest absolute Gasteiger partial charge is 0.143 e. The van der Waals surface area contributed by atoms with Gasteiger partial charge < -0.3 is 10.1 Å². The molecule has 3 rings (SSSR count). The van der Waals surface area contributed by atoms with Crippen molar-refractivity contribution in [3.63, 3.8) is 0 Å². The zero-order valence-electron chi connectivity index (χ0n) is 12.9. The molecule has 0 saturated heterocycles. The van der Waals surface area contributed by atoms with Crippen LogP contribution in [0, 0.1) is 17.1 Å². The summed E-state index contributed by atoms with van der Waals surface area (Å²) in [5.41, 5.74) is 1.27. The minimum Gasteiger partial charge on any atom is -0.496 e. The molecule has 1 N–H and O–H groups in total. The Labute approximate surface area is 144 Å². The fourth-order valence-corrected chi connectivity index (χ4v) is 2.75. The van der Waals surface area contributed by atoms with Gasteiger partial charge in [-0.2, -0.15) is 5.26 Å². The van der Waals surface area contributed by atoms with Crippen LogP contribution >= 0.6 is 11.6 Å². The third-order valence-electron chi connectivity index (χ3n) is 3.77. The molecule has 0 aliphatic rings. The van der Waals surface area contributed by atoms with Gasteiger partial charge in [0.25, 0.3) is 0 Å². The van der Waals surface area contributed by atoms with Crippen molar-refractivity contribution in [1.82, 2.24) is 0 Å². The highest BCUT2D eigenvalue weighted by atomic mass is 35.5. The number of nitriles is 1. The summed E-state index contributed by atoms with van der Waals surface area (Å²) in [6, 6.07) is 17.5. The third kappa shape index (κ3) is 3.12. The Morgan fingerprint density at radius 3 is 2.46 bits per heavy atom. The van der Waals surface area contributed by atoms with Gasteiger partial charge >= 0.3 is 0 Å². The van der Waals surface area contributed by atoms with Crippen molar-refractivity contribution in [2.45, 2.75) is 6.04 Å². The maximum Gasteiger partial charge on any atom is 0.143 e. The lowest BCUT2D eigenvalue weighted by Crippen LogP contribution is -2.10. The first-order chi connectivity index (χ1) is 11.6. The third-order valence-corrected chi connectivity index (χ3v) is 4.06. The number of hydrogen-bond acceptors (Lipinski definition) is 3. The molecule has 0 spiro atoms.